The van der Waals surface area contributed by atoms with E-state index >= 15 is 0 Å². The monoisotopic (exact) mass is 283 g/mol. The first-order valence-corrected chi connectivity index (χ1v) is 7.50. The van der Waals surface area contributed by atoms with Crippen LogP contribution in [0.2, 0.25) is 0 Å². The molecule has 0 spiro atoms. The molecule has 104 valence electrons. The van der Waals surface area contributed by atoms with Gasteiger partial charge < -0.3 is 5.11 Å². The lowest BCUT2D eigenvalue weighted by molar-refractivity contribution is 0.0692. The molecule has 0 aromatic heterocycles. The molecule has 1 heterocycles. The van der Waals surface area contributed by atoms with Crippen LogP contribution in [0.1, 0.15) is 30.6 Å². The molecule has 5 nitrogen and oxygen atoms in total. The molecule has 0 aliphatic carbocycles. The lowest BCUT2D eigenvalue weighted by Crippen LogP contribution is -2.31. The van der Waals surface area contributed by atoms with Crippen LogP contribution < -0.4 is 0 Å². The maximum absolute atomic E-state index is 12.5. The Morgan fingerprint density at radius 1 is 1.32 bits per heavy atom. The Morgan fingerprint density at radius 3 is 2.47 bits per heavy atom. The molecule has 1 fully saturated rings. The fourth-order valence-electron chi connectivity index (χ4n) is 2.28. The van der Waals surface area contributed by atoms with Gasteiger partial charge in [-0.15, -0.1) is 0 Å². The number of nitrogens with zero attached hydrogens (tertiary/aromatic N) is 1. The van der Waals surface area contributed by atoms with Gasteiger partial charge >= 0.3 is 5.97 Å². The highest BCUT2D eigenvalue weighted by molar-refractivity contribution is 7.89. The van der Waals surface area contributed by atoms with Gasteiger partial charge in [0.05, 0.1) is 10.5 Å². The van der Waals surface area contributed by atoms with Gasteiger partial charge in [-0.1, -0.05) is 26.0 Å². The van der Waals surface area contributed by atoms with E-state index in [1.807, 2.05) is 13.8 Å². The van der Waals surface area contributed by atoms with Crippen molar-refractivity contribution in [2.24, 2.45) is 5.41 Å². The van der Waals surface area contributed by atoms with Gasteiger partial charge in [0.15, 0.2) is 0 Å². The molecule has 19 heavy (non-hydrogen) atoms. The van der Waals surface area contributed by atoms with Crippen LogP contribution in [-0.4, -0.2) is 36.9 Å². The van der Waals surface area contributed by atoms with Gasteiger partial charge in [0.25, 0.3) is 0 Å². The minimum absolute atomic E-state index is 0.0642. The Labute approximate surface area is 112 Å². The van der Waals surface area contributed by atoms with Crippen molar-refractivity contribution in [3.63, 3.8) is 0 Å². The first-order chi connectivity index (χ1) is 8.74. The maximum Gasteiger partial charge on any atom is 0.337 e. The minimum Gasteiger partial charge on any atom is -0.478 e. The predicted octanol–water partition coefficient (Wildman–Crippen LogP) is 1.81. The number of hydrogen-bond donors (Lipinski definition) is 1. The molecule has 0 atom stereocenters. The number of sulfonamides is 1. The molecule has 0 bridgehead atoms. The number of hydrogen-bond acceptors (Lipinski definition) is 3. The zero-order valence-corrected chi connectivity index (χ0v) is 11.8. The minimum atomic E-state index is -3.73. The fraction of sp³-hybridized carbons (Fsp3) is 0.462. The van der Waals surface area contributed by atoms with Crippen LogP contribution in [0, 0.1) is 5.41 Å². The SMILES string of the molecule is CC1(C)CCN(S(=O)(=O)c2ccccc2C(=O)O)C1. The summed E-state index contributed by atoms with van der Waals surface area (Å²) in [6, 6.07) is 5.73. The summed E-state index contributed by atoms with van der Waals surface area (Å²) in [6.45, 7) is 4.86. The number of benzene rings is 1. The molecule has 6 heteroatoms. The lowest BCUT2D eigenvalue weighted by Gasteiger charge is -2.20. The van der Waals surface area contributed by atoms with E-state index in [1.54, 1.807) is 6.07 Å². The van der Waals surface area contributed by atoms with Gasteiger partial charge in [-0.25, -0.2) is 13.2 Å². The molecule has 0 saturated carbocycles. The van der Waals surface area contributed by atoms with Crippen LogP contribution in [0.25, 0.3) is 0 Å². The van der Waals surface area contributed by atoms with E-state index < -0.39 is 16.0 Å². The van der Waals surface area contributed by atoms with Crippen LogP contribution in [0.15, 0.2) is 29.2 Å². The van der Waals surface area contributed by atoms with E-state index in [0.29, 0.717) is 13.1 Å². The Balaban J connectivity index is 2.44. The summed E-state index contributed by atoms with van der Waals surface area (Å²) >= 11 is 0. The Hall–Kier alpha value is -1.40. The molecule has 0 unspecified atom stereocenters. The van der Waals surface area contributed by atoms with Gasteiger partial charge in [0, 0.05) is 13.1 Å². The first kappa shape index (κ1) is 14.0. The topological polar surface area (TPSA) is 74.7 Å². The zero-order chi connectivity index (χ0) is 14.3. The van der Waals surface area contributed by atoms with Gasteiger partial charge in [-0.05, 0) is 24.0 Å². The number of aromatic carboxylic acids is 1. The van der Waals surface area contributed by atoms with Crippen LogP contribution in [0.4, 0.5) is 0 Å². The van der Waals surface area contributed by atoms with Crippen molar-refractivity contribution in [1.29, 1.82) is 0 Å². The van der Waals surface area contributed by atoms with Crippen molar-refractivity contribution < 1.29 is 18.3 Å². The molecule has 1 aliphatic heterocycles. The second-order valence-corrected chi connectivity index (χ2v) is 7.46. The van der Waals surface area contributed by atoms with E-state index in [9.17, 15) is 13.2 Å². The third kappa shape index (κ3) is 2.64. The predicted molar refractivity (Wildman–Crippen MR) is 70.6 cm³/mol. The van der Waals surface area contributed by atoms with E-state index in [2.05, 4.69) is 0 Å². The fourth-order valence-corrected chi connectivity index (χ4v) is 4.09. The molecule has 1 aromatic rings. The second-order valence-electron chi connectivity index (χ2n) is 5.55. The molecule has 1 aliphatic rings. The van der Waals surface area contributed by atoms with E-state index in [1.165, 1.54) is 22.5 Å². The summed E-state index contributed by atoms with van der Waals surface area (Å²) in [5.41, 5.74) is -0.238. The van der Waals surface area contributed by atoms with Crippen LogP contribution in [-0.2, 0) is 10.0 Å². The summed E-state index contributed by atoms with van der Waals surface area (Å²) in [5.74, 6) is -1.22. The van der Waals surface area contributed by atoms with Gasteiger partial charge in [-0.3, -0.25) is 0 Å². The normalized spacial score (nSPS) is 19.5. The van der Waals surface area contributed by atoms with Crippen molar-refractivity contribution in [2.75, 3.05) is 13.1 Å². The van der Waals surface area contributed by atoms with Gasteiger partial charge in [-0.2, -0.15) is 4.31 Å². The van der Waals surface area contributed by atoms with E-state index in [4.69, 9.17) is 5.11 Å². The van der Waals surface area contributed by atoms with Crippen LogP contribution in [0.5, 0.6) is 0 Å². The van der Waals surface area contributed by atoms with Crippen molar-refractivity contribution in [3.05, 3.63) is 29.8 Å². The lowest BCUT2D eigenvalue weighted by atomic mass is 9.93. The number of carbonyl (C=O) groups is 1. The zero-order valence-electron chi connectivity index (χ0n) is 11.0. The van der Waals surface area contributed by atoms with E-state index in [-0.39, 0.29) is 15.9 Å². The number of carboxylic acids is 1. The third-order valence-corrected chi connectivity index (χ3v) is 5.28. The maximum atomic E-state index is 12.5. The molecule has 2 rings (SSSR count). The molecule has 1 N–H and O–H groups in total. The largest absolute Gasteiger partial charge is 0.478 e. The summed E-state index contributed by atoms with van der Waals surface area (Å²) in [4.78, 5) is 11.0. The summed E-state index contributed by atoms with van der Waals surface area (Å²) < 4.78 is 26.4. The smallest absolute Gasteiger partial charge is 0.337 e. The Bertz CT molecular complexity index is 607. The third-order valence-electron chi connectivity index (χ3n) is 3.38. The average Bonchev–Trinajstić information content (AvgIpc) is 2.70. The highest BCUT2D eigenvalue weighted by Crippen LogP contribution is 2.33. The second kappa shape index (κ2) is 4.61. The molecule has 1 aromatic carbocycles. The van der Waals surface area contributed by atoms with Crippen molar-refractivity contribution in [3.8, 4) is 0 Å². The first-order valence-electron chi connectivity index (χ1n) is 6.06. The number of carboxylic acid groups (broad SMARTS) is 1. The number of rotatable bonds is 3. The average molecular weight is 283 g/mol. The van der Waals surface area contributed by atoms with Crippen molar-refractivity contribution in [1.82, 2.24) is 4.31 Å². The Morgan fingerprint density at radius 2 is 1.95 bits per heavy atom. The van der Waals surface area contributed by atoms with Gasteiger partial charge in [0.1, 0.15) is 0 Å². The molecule has 0 amide bonds. The van der Waals surface area contributed by atoms with Crippen LogP contribution >= 0.6 is 0 Å². The van der Waals surface area contributed by atoms with Crippen LogP contribution in [0.3, 0.4) is 0 Å². The summed E-state index contributed by atoms with van der Waals surface area (Å²) in [7, 11) is -3.73. The van der Waals surface area contributed by atoms with E-state index in [0.717, 1.165) is 6.42 Å². The summed E-state index contributed by atoms with van der Waals surface area (Å²) in [5, 5.41) is 9.09. The molecular weight excluding hydrogens is 266 g/mol. The van der Waals surface area contributed by atoms with Gasteiger partial charge in [0.2, 0.25) is 10.0 Å². The standard InChI is InChI=1S/C13H17NO4S/c1-13(2)7-8-14(9-13)19(17,18)11-6-4-3-5-10(11)12(15)16/h3-6H,7-9H2,1-2H3,(H,15,16). The highest BCUT2D eigenvalue weighted by Gasteiger charge is 2.38. The highest BCUT2D eigenvalue weighted by atomic mass is 32.2. The molecular formula is C13H17NO4S. The molecule has 0 radical (unpaired) electrons. The quantitative estimate of drug-likeness (QED) is 0.918. The van der Waals surface area contributed by atoms with Crippen molar-refractivity contribution >= 4 is 16.0 Å². The summed E-state index contributed by atoms with van der Waals surface area (Å²) in [6.07, 6.45) is 0.779. The molecule has 1 saturated heterocycles. The van der Waals surface area contributed by atoms with Crippen molar-refractivity contribution in [2.45, 2.75) is 25.2 Å². The Kier molecular flexibility index (Phi) is 3.40.